The van der Waals surface area contributed by atoms with Crippen molar-refractivity contribution in [3.63, 3.8) is 0 Å². The van der Waals surface area contributed by atoms with Crippen molar-refractivity contribution in [2.75, 3.05) is 14.2 Å². The Kier molecular flexibility index (Phi) is 5.34. The molecule has 2 aromatic rings. The summed E-state index contributed by atoms with van der Waals surface area (Å²) in [5.74, 6) is 0.505. The van der Waals surface area contributed by atoms with Crippen molar-refractivity contribution in [3.05, 3.63) is 51.1 Å². The van der Waals surface area contributed by atoms with E-state index in [1.807, 2.05) is 31.3 Å². The highest BCUT2D eigenvalue weighted by Crippen LogP contribution is 2.25. The van der Waals surface area contributed by atoms with Gasteiger partial charge in [-0.3, -0.25) is 0 Å². The van der Waals surface area contributed by atoms with Crippen LogP contribution in [0.25, 0.3) is 0 Å². The summed E-state index contributed by atoms with van der Waals surface area (Å²) in [7, 11) is 3.46. The third kappa shape index (κ3) is 3.69. The average molecular weight is 357 g/mol. The van der Waals surface area contributed by atoms with Gasteiger partial charge in [-0.15, -0.1) is 5.10 Å². The highest BCUT2D eigenvalue weighted by Gasteiger charge is 2.14. The number of likely N-dealkylation sites (N-methyl/N-ethyl adjacent to an activating group) is 1. The van der Waals surface area contributed by atoms with Crippen LogP contribution in [-0.2, 0) is 6.42 Å². The summed E-state index contributed by atoms with van der Waals surface area (Å²) >= 11 is 9.66. The Morgan fingerprint density at radius 1 is 1.30 bits per heavy atom. The summed E-state index contributed by atoms with van der Waals surface area (Å²) in [6.45, 7) is 0. The molecule has 2 rings (SSSR count). The number of nitrogens with zero attached hydrogens (tertiary/aromatic N) is 2. The van der Waals surface area contributed by atoms with Crippen LogP contribution in [0.3, 0.4) is 0 Å². The van der Waals surface area contributed by atoms with E-state index < -0.39 is 0 Å². The second-order valence-electron chi connectivity index (χ2n) is 4.28. The van der Waals surface area contributed by atoms with E-state index in [9.17, 15) is 0 Å². The first-order chi connectivity index (χ1) is 9.63. The molecule has 0 fully saturated rings. The molecule has 0 bridgehead atoms. The maximum Gasteiger partial charge on any atom is 0.233 e. The molecule has 0 aliphatic heterocycles. The molecule has 1 heterocycles. The monoisotopic (exact) mass is 355 g/mol. The molecule has 1 aromatic carbocycles. The molecule has 0 saturated carbocycles. The Balaban J connectivity index is 2.19. The zero-order chi connectivity index (χ0) is 14.5. The molecule has 0 aliphatic carbocycles. The summed E-state index contributed by atoms with van der Waals surface area (Å²) in [4.78, 5) is 0. The first kappa shape index (κ1) is 15.2. The summed E-state index contributed by atoms with van der Waals surface area (Å²) in [5, 5.41) is 12.1. The lowest BCUT2D eigenvalue weighted by molar-refractivity contribution is 0.389. The van der Waals surface area contributed by atoms with Gasteiger partial charge in [-0.2, -0.15) is 5.10 Å². The summed E-state index contributed by atoms with van der Waals surface area (Å²) in [6.07, 6.45) is 0.740. The minimum Gasteiger partial charge on any atom is -0.480 e. The van der Waals surface area contributed by atoms with Gasteiger partial charge in [0, 0.05) is 15.6 Å². The number of rotatable bonds is 5. The van der Waals surface area contributed by atoms with Crippen LogP contribution in [-0.4, -0.2) is 24.4 Å². The van der Waals surface area contributed by atoms with Gasteiger partial charge in [0.25, 0.3) is 0 Å². The van der Waals surface area contributed by atoms with E-state index in [4.69, 9.17) is 16.3 Å². The number of aromatic nitrogens is 2. The van der Waals surface area contributed by atoms with Crippen molar-refractivity contribution in [1.29, 1.82) is 0 Å². The van der Waals surface area contributed by atoms with Crippen LogP contribution in [0.5, 0.6) is 5.88 Å². The van der Waals surface area contributed by atoms with Gasteiger partial charge in [0.1, 0.15) is 0 Å². The number of ether oxygens (including phenoxy) is 1. The van der Waals surface area contributed by atoms with Crippen molar-refractivity contribution in [1.82, 2.24) is 15.5 Å². The lowest BCUT2D eigenvalue weighted by Gasteiger charge is -2.16. The van der Waals surface area contributed by atoms with Crippen LogP contribution in [0.4, 0.5) is 0 Å². The quantitative estimate of drug-likeness (QED) is 0.892. The Labute approximate surface area is 131 Å². The molecule has 0 aliphatic rings. The summed E-state index contributed by atoms with van der Waals surface area (Å²) < 4.78 is 5.98. The van der Waals surface area contributed by atoms with Gasteiger partial charge in [-0.25, -0.2) is 0 Å². The number of benzene rings is 1. The number of hydrogen-bond acceptors (Lipinski definition) is 4. The SMILES string of the molecule is CNC(Cc1ccc(Br)cc1Cl)c1ccc(OC)nn1. The van der Waals surface area contributed by atoms with Gasteiger partial charge in [-0.1, -0.05) is 33.6 Å². The Morgan fingerprint density at radius 3 is 2.65 bits per heavy atom. The molecular formula is C14H15BrClN3O. The highest BCUT2D eigenvalue weighted by atomic mass is 79.9. The summed E-state index contributed by atoms with van der Waals surface area (Å²) in [6, 6.07) is 9.63. The number of methoxy groups -OCH3 is 1. The van der Waals surface area contributed by atoms with E-state index in [1.54, 1.807) is 13.2 Å². The van der Waals surface area contributed by atoms with Gasteiger partial charge in [0.15, 0.2) is 0 Å². The predicted molar refractivity (Wildman–Crippen MR) is 83.2 cm³/mol. The second-order valence-corrected chi connectivity index (χ2v) is 5.60. The molecule has 106 valence electrons. The van der Waals surface area contributed by atoms with Crippen molar-refractivity contribution >= 4 is 27.5 Å². The zero-order valence-corrected chi connectivity index (χ0v) is 13.6. The van der Waals surface area contributed by atoms with Crippen LogP contribution in [0.1, 0.15) is 17.3 Å². The topological polar surface area (TPSA) is 47.0 Å². The van der Waals surface area contributed by atoms with E-state index in [-0.39, 0.29) is 6.04 Å². The van der Waals surface area contributed by atoms with Crippen LogP contribution in [0.15, 0.2) is 34.8 Å². The predicted octanol–water partition coefficient (Wildman–Crippen LogP) is 3.40. The first-order valence-corrected chi connectivity index (χ1v) is 7.30. The van der Waals surface area contributed by atoms with Crippen molar-refractivity contribution in [2.24, 2.45) is 0 Å². The molecule has 4 nitrogen and oxygen atoms in total. The largest absolute Gasteiger partial charge is 0.480 e. The van der Waals surface area contributed by atoms with E-state index >= 15 is 0 Å². The number of nitrogens with one attached hydrogen (secondary N) is 1. The third-order valence-electron chi connectivity index (χ3n) is 3.01. The molecule has 1 N–H and O–H groups in total. The molecule has 1 atom stereocenters. The molecule has 20 heavy (non-hydrogen) atoms. The lowest BCUT2D eigenvalue weighted by Crippen LogP contribution is -2.20. The fourth-order valence-corrected chi connectivity index (χ4v) is 2.64. The molecular weight excluding hydrogens is 342 g/mol. The number of hydrogen-bond donors (Lipinski definition) is 1. The lowest BCUT2D eigenvalue weighted by atomic mass is 10.0. The second kappa shape index (κ2) is 7.02. The fraction of sp³-hybridized carbons (Fsp3) is 0.286. The van der Waals surface area contributed by atoms with Crippen molar-refractivity contribution in [2.45, 2.75) is 12.5 Å². The van der Waals surface area contributed by atoms with Crippen LogP contribution < -0.4 is 10.1 Å². The van der Waals surface area contributed by atoms with Crippen LogP contribution >= 0.6 is 27.5 Å². The minimum absolute atomic E-state index is 0.0482. The minimum atomic E-state index is 0.0482. The van der Waals surface area contributed by atoms with Gasteiger partial charge in [-0.05, 0) is 37.2 Å². The van der Waals surface area contributed by atoms with Gasteiger partial charge in [0.2, 0.25) is 5.88 Å². The average Bonchev–Trinajstić information content (AvgIpc) is 2.47. The first-order valence-electron chi connectivity index (χ1n) is 6.13. The maximum atomic E-state index is 6.25. The van der Waals surface area contributed by atoms with Crippen molar-refractivity contribution in [3.8, 4) is 5.88 Å². The van der Waals surface area contributed by atoms with E-state index in [1.165, 1.54) is 0 Å². The summed E-state index contributed by atoms with van der Waals surface area (Å²) in [5.41, 5.74) is 1.92. The van der Waals surface area contributed by atoms with E-state index in [0.717, 1.165) is 27.2 Å². The molecule has 6 heteroatoms. The Hall–Kier alpha value is -1.17. The van der Waals surface area contributed by atoms with Gasteiger partial charge in [0.05, 0.1) is 18.8 Å². The Morgan fingerprint density at radius 2 is 2.10 bits per heavy atom. The normalized spacial score (nSPS) is 12.2. The van der Waals surface area contributed by atoms with Crippen LogP contribution in [0.2, 0.25) is 5.02 Å². The molecule has 0 spiro atoms. The molecule has 0 radical (unpaired) electrons. The Bertz CT molecular complexity index is 577. The van der Waals surface area contributed by atoms with E-state index in [0.29, 0.717) is 5.88 Å². The molecule has 0 saturated heterocycles. The van der Waals surface area contributed by atoms with Gasteiger partial charge < -0.3 is 10.1 Å². The van der Waals surface area contributed by atoms with Crippen LogP contribution in [0, 0.1) is 0 Å². The maximum absolute atomic E-state index is 6.25. The van der Waals surface area contributed by atoms with E-state index in [2.05, 4.69) is 31.4 Å². The smallest absolute Gasteiger partial charge is 0.233 e. The standard InChI is InChI=1S/C14H15BrClN3O/c1-17-13(12-5-6-14(20-2)19-18-12)7-9-3-4-10(15)8-11(9)16/h3-6,8,13,17H,7H2,1-2H3. The molecule has 0 amide bonds. The number of halogens is 2. The molecule has 1 unspecified atom stereocenters. The van der Waals surface area contributed by atoms with Crippen molar-refractivity contribution < 1.29 is 4.74 Å². The zero-order valence-electron chi connectivity index (χ0n) is 11.2. The third-order valence-corrected chi connectivity index (χ3v) is 3.86. The van der Waals surface area contributed by atoms with Gasteiger partial charge >= 0.3 is 0 Å². The fourth-order valence-electron chi connectivity index (χ4n) is 1.89. The highest BCUT2D eigenvalue weighted by molar-refractivity contribution is 9.10. The molecule has 1 aromatic heterocycles.